The van der Waals surface area contributed by atoms with Crippen LogP contribution >= 0.6 is 0 Å². The Morgan fingerprint density at radius 2 is 2.00 bits per heavy atom. The largest absolute Gasteiger partial charge is 0.489 e. The molecule has 0 aliphatic carbocycles. The molecule has 1 amide bonds. The number of benzene rings is 1. The van der Waals surface area contributed by atoms with Crippen LogP contribution in [0.2, 0.25) is 0 Å². The van der Waals surface area contributed by atoms with Crippen LogP contribution in [-0.4, -0.2) is 31.3 Å². The number of rotatable bonds is 9. The van der Waals surface area contributed by atoms with Crippen molar-refractivity contribution < 1.29 is 14.3 Å². The van der Waals surface area contributed by atoms with Crippen molar-refractivity contribution in [2.75, 3.05) is 18.9 Å². The first kappa shape index (κ1) is 19.0. The van der Waals surface area contributed by atoms with E-state index in [-0.39, 0.29) is 18.1 Å². The molecular formula is C18H28N2O3. The first-order valence-electron chi connectivity index (χ1n) is 8.02. The van der Waals surface area contributed by atoms with Crippen molar-refractivity contribution in [3.63, 3.8) is 0 Å². The number of carbonyl (C=O) groups is 1. The second kappa shape index (κ2) is 9.90. The maximum atomic E-state index is 11.7. The van der Waals surface area contributed by atoms with E-state index in [4.69, 9.17) is 15.2 Å². The summed E-state index contributed by atoms with van der Waals surface area (Å²) in [4.78, 5) is 11.7. The standard InChI is InChI=1S/C18H28N2O3/c1-13(2)22-11-5-10-20-18(21)9-7-15-6-8-17(16(19)12-15)23-14(3)4/h6-9,12-14H,5,10-11,19H2,1-4H3,(H,20,21)/b9-7-. The van der Waals surface area contributed by atoms with Gasteiger partial charge in [-0.15, -0.1) is 0 Å². The van der Waals surface area contributed by atoms with Crippen molar-refractivity contribution in [3.8, 4) is 5.75 Å². The van der Waals surface area contributed by atoms with Gasteiger partial charge in [0.25, 0.3) is 0 Å². The second-order valence-corrected chi connectivity index (χ2v) is 5.86. The Balaban J connectivity index is 2.41. The molecule has 0 aliphatic rings. The van der Waals surface area contributed by atoms with Gasteiger partial charge in [0, 0.05) is 19.2 Å². The molecule has 1 aromatic rings. The van der Waals surface area contributed by atoms with Crippen LogP contribution in [-0.2, 0) is 9.53 Å². The fourth-order valence-corrected chi connectivity index (χ4v) is 1.87. The topological polar surface area (TPSA) is 73.6 Å². The lowest BCUT2D eigenvalue weighted by atomic mass is 10.1. The van der Waals surface area contributed by atoms with Crippen LogP contribution in [0.15, 0.2) is 24.3 Å². The number of ether oxygens (including phenoxy) is 2. The zero-order chi connectivity index (χ0) is 17.2. The first-order valence-corrected chi connectivity index (χ1v) is 8.02. The lowest BCUT2D eigenvalue weighted by Crippen LogP contribution is -2.23. The number of anilines is 1. The molecule has 0 spiro atoms. The highest BCUT2D eigenvalue weighted by Gasteiger charge is 2.03. The molecule has 0 aromatic heterocycles. The van der Waals surface area contributed by atoms with Crippen LogP contribution in [0.3, 0.4) is 0 Å². The third kappa shape index (κ3) is 8.26. The molecule has 0 atom stereocenters. The van der Waals surface area contributed by atoms with E-state index in [2.05, 4.69) is 5.32 Å². The summed E-state index contributed by atoms with van der Waals surface area (Å²) >= 11 is 0. The Kier molecular flexibility index (Phi) is 8.19. The van der Waals surface area contributed by atoms with E-state index in [0.717, 1.165) is 12.0 Å². The van der Waals surface area contributed by atoms with Gasteiger partial charge >= 0.3 is 0 Å². The highest BCUT2D eigenvalue weighted by molar-refractivity contribution is 5.91. The van der Waals surface area contributed by atoms with E-state index in [1.807, 2.05) is 39.8 Å². The van der Waals surface area contributed by atoms with Gasteiger partial charge in [0.2, 0.25) is 5.91 Å². The van der Waals surface area contributed by atoms with Crippen LogP contribution in [0, 0.1) is 0 Å². The minimum Gasteiger partial charge on any atom is -0.489 e. The lowest BCUT2D eigenvalue weighted by Gasteiger charge is -2.12. The highest BCUT2D eigenvalue weighted by atomic mass is 16.5. The minimum absolute atomic E-state index is 0.0733. The van der Waals surface area contributed by atoms with Crippen molar-refractivity contribution in [2.24, 2.45) is 0 Å². The molecular weight excluding hydrogens is 292 g/mol. The van der Waals surface area contributed by atoms with E-state index < -0.39 is 0 Å². The van der Waals surface area contributed by atoms with Gasteiger partial charge in [0.15, 0.2) is 0 Å². The van der Waals surface area contributed by atoms with Gasteiger partial charge < -0.3 is 20.5 Å². The number of nitrogens with one attached hydrogen (secondary N) is 1. The van der Waals surface area contributed by atoms with Gasteiger partial charge in [0.1, 0.15) is 5.75 Å². The number of amides is 1. The van der Waals surface area contributed by atoms with E-state index in [1.54, 1.807) is 12.1 Å². The normalized spacial score (nSPS) is 11.4. The molecule has 1 rings (SSSR count). The number of nitrogens with two attached hydrogens (primary N) is 1. The molecule has 0 aliphatic heterocycles. The molecule has 0 fully saturated rings. The van der Waals surface area contributed by atoms with E-state index in [9.17, 15) is 4.79 Å². The smallest absolute Gasteiger partial charge is 0.244 e. The fourth-order valence-electron chi connectivity index (χ4n) is 1.87. The van der Waals surface area contributed by atoms with Crippen LogP contribution < -0.4 is 15.8 Å². The SMILES string of the molecule is CC(C)OCCCNC(=O)/C=C\c1ccc(OC(C)C)c(N)c1. The maximum Gasteiger partial charge on any atom is 0.244 e. The number of nitrogen functional groups attached to an aromatic ring is 1. The predicted molar refractivity (Wildman–Crippen MR) is 94.4 cm³/mol. The average Bonchev–Trinajstić information content (AvgIpc) is 2.46. The molecule has 3 N–H and O–H groups in total. The fraction of sp³-hybridized carbons (Fsp3) is 0.500. The van der Waals surface area contributed by atoms with Crippen LogP contribution in [0.4, 0.5) is 5.69 Å². The summed E-state index contributed by atoms with van der Waals surface area (Å²) in [5.74, 6) is 0.530. The molecule has 128 valence electrons. The van der Waals surface area contributed by atoms with E-state index in [1.165, 1.54) is 6.08 Å². The molecule has 0 bridgehead atoms. The van der Waals surface area contributed by atoms with Gasteiger partial charge in [-0.1, -0.05) is 6.07 Å². The highest BCUT2D eigenvalue weighted by Crippen LogP contribution is 2.24. The van der Waals surface area contributed by atoms with E-state index in [0.29, 0.717) is 24.6 Å². The van der Waals surface area contributed by atoms with E-state index >= 15 is 0 Å². The van der Waals surface area contributed by atoms with Crippen molar-refractivity contribution >= 4 is 17.7 Å². The van der Waals surface area contributed by atoms with Crippen molar-refractivity contribution in [3.05, 3.63) is 29.8 Å². The van der Waals surface area contributed by atoms with Crippen LogP contribution in [0.1, 0.15) is 39.7 Å². The van der Waals surface area contributed by atoms with Crippen molar-refractivity contribution in [1.29, 1.82) is 0 Å². The molecule has 5 nitrogen and oxygen atoms in total. The van der Waals surface area contributed by atoms with Crippen LogP contribution in [0.5, 0.6) is 5.75 Å². The predicted octanol–water partition coefficient (Wildman–Crippen LogP) is 3.00. The summed E-state index contributed by atoms with van der Waals surface area (Å²) in [7, 11) is 0. The van der Waals surface area contributed by atoms with Gasteiger partial charge in [-0.3, -0.25) is 4.79 Å². The van der Waals surface area contributed by atoms with Gasteiger partial charge in [-0.25, -0.2) is 0 Å². The zero-order valence-electron chi connectivity index (χ0n) is 14.5. The summed E-state index contributed by atoms with van der Waals surface area (Å²) < 4.78 is 11.0. The Bertz CT molecular complexity index is 525. The summed E-state index contributed by atoms with van der Waals surface area (Å²) in [6, 6.07) is 5.47. The molecule has 0 radical (unpaired) electrons. The molecule has 5 heteroatoms. The summed E-state index contributed by atoms with van der Waals surface area (Å²) in [5.41, 5.74) is 7.36. The summed E-state index contributed by atoms with van der Waals surface area (Å²) in [5, 5.41) is 2.82. The third-order valence-electron chi connectivity index (χ3n) is 2.90. The molecule has 23 heavy (non-hydrogen) atoms. The average molecular weight is 320 g/mol. The van der Waals surface area contributed by atoms with Crippen LogP contribution in [0.25, 0.3) is 6.08 Å². The first-order chi connectivity index (χ1) is 10.9. The quantitative estimate of drug-likeness (QED) is 0.417. The third-order valence-corrected chi connectivity index (χ3v) is 2.90. The number of hydrogen-bond donors (Lipinski definition) is 2. The molecule has 0 unspecified atom stereocenters. The molecule has 1 aromatic carbocycles. The van der Waals surface area contributed by atoms with Crippen molar-refractivity contribution in [2.45, 2.75) is 46.3 Å². The Labute approximate surface area is 138 Å². The van der Waals surface area contributed by atoms with Gasteiger partial charge in [0.05, 0.1) is 17.9 Å². The minimum atomic E-state index is -0.129. The zero-order valence-corrected chi connectivity index (χ0v) is 14.5. The Morgan fingerprint density at radius 1 is 1.26 bits per heavy atom. The van der Waals surface area contributed by atoms with Crippen molar-refractivity contribution in [1.82, 2.24) is 5.32 Å². The Hall–Kier alpha value is -2.01. The number of hydrogen-bond acceptors (Lipinski definition) is 4. The lowest BCUT2D eigenvalue weighted by molar-refractivity contribution is -0.116. The van der Waals surface area contributed by atoms with Gasteiger partial charge in [-0.2, -0.15) is 0 Å². The second-order valence-electron chi connectivity index (χ2n) is 5.86. The molecule has 0 saturated carbocycles. The maximum absolute atomic E-state index is 11.7. The monoisotopic (exact) mass is 320 g/mol. The van der Waals surface area contributed by atoms with Gasteiger partial charge in [-0.05, 0) is 57.9 Å². The number of carbonyl (C=O) groups excluding carboxylic acids is 1. The summed E-state index contributed by atoms with van der Waals surface area (Å²) in [6.45, 7) is 9.12. The molecule has 0 saturated heterocycles. The summed E-state index contributed by atoms with van der Waals surface area (Å²) in [6.07, 6.45) is 4.32. The Morgan fingerprint density at radius 3 is 2.61 bits per heavy atom. The molecule has 0 heterocycles.